The highest BCUT2D eigenvalue weighted by Gasteiger charge is 2.17. The minimum absolute atomic E-state index is 0.0401. The maximum atomic E-state index is 12.2. The average molecular weight is 330 g/mol. The Morgan fingerprint density at radius 2 is 1.92 bits per heavy atom. The SMILES string of the molecule is Cc1nn(C)c(C)c1C[C@H](C)NC(=O)N[C@H](CO)c1ccccc1. The Kier molecular flexibility index (Phi) is 5.98. The van der Waals surface area contributed by atoms with Gasteiger partial charge in [-0.15, -0.1) is 0 Å². The van der Waals surface area contributed by atoms with Crippen LogP contribution in [0.1, 0.15) is 35.5 Å². The number of amides is 2. The predicted molar refractivity (Wildman–Crippen MR) is 93.8 cm³/mol. The first kappa shape index (κ1) is 18.0. The molecule has 1 aromatic heterocycles. The monoisotopic (exact) mass is 330 g/mol. The molecule has 2 amide bonds. The third-order valence-corrected chi connectivity index (χ3v) is 4.24. The van der Waals surface area contributed by atoms with Crippen LogP contribution in [0.15, 0.2) is 30.3 Å². The third kappa shape index (κ3) is 4.35. The van der Waals surface area contributed by atoms with Crippen LogP contribution in [-0.2, 0) is 13.5 Å². The number of hydrogen-bond acceptors (Lipinski definition) is 3. The number of aliphatic hydroxyl groups is 1. The lowest BCUT2D eigenvalue weighted by molar-refractivity contribution is 0.214. The van der Waals surface area contributed by atoms with Crippen LogP contribution in [0.3, 0.4) is 0 Å². The highest BCUT2D eigenvalue weighted by atomic mass is 16.3. The Bertz CT molecular complexity index is 682. The van der Waals surface area contributed by atoms with Crippen molar-refractivity contribution in [3.8, 4) is 0 Å². The van der Waals surface area contributed by atoms with Crippen molar-refractivity contribution in [1.82, 2.24) is 20.4 Å². The van der Waals surface area contributed by atoms with E-state index in [0.717, 1.165) is 22.5 Å². The van der Waals surface area contributed by atoms with Gasteiger partial charge in [-0.3, -0.25) is 4.68 Å². The van der Waals surface area contributed by atoms with Gasteiger partial charge in [-0.2, -0.15) is 5.10 Å². The van der Waals surface area contributed by atoms with E-state index in [2.05, 4.69) is 15.7 Å². The second kappa shape index (κ2) is 7.97. The number of rotatable bonds is 6. The van der Waals surface area contributed by atoms with Gasteiger partial charge in [-0.25, -0.2) is 4.79 Å². The van der Waals surface area contributed by atoms with E-state index >= 15 is 0 Å². The second-order valence-electron chi connectivity index (χ2n) is 6.14. The molecular weight excluding hydrogens is 304 g/mol. The molecule has 2 rings (SSSR count). The van der Waals surface area contributed by atoms with Crippen LogP contribution in [0.4, 0.5) is 4.79 Å². The summed E-state index contributed by atoms with van der Waals surface area (Å²) >= 11 is 0. The Morgan fingerprint density at radius 3 is 2.46 bits per heavy atom. The first-order chi connectivity index (χ1) is 11.4. The molecule has 2 aromatic rings. The summed E-state index contributed by atoms with van der Waals surface area (Å²) in [5, 5.41) is 19.7. The Hall–Kier alpha value is -2.34. The molecule has 6 nitrogen and oxygen atoms in total. The van der Waals surface area contributed by atoms with Crippen LogP contribution in [0.5, 0.6) is 0 Å². The highest BCUT2D eigenvalue weighted by Crippen LogP contribution is 2.14. The summed E-state index contributed by atoms with van der Waals surface area (Å²) in [5.74, 6) is 0. The van der Waals surface area contributed by atoms with Crippen LogP contribution in [0, 0.1) is 13.8 Å². The van der Waals surface area contributed by atoms with Gasteiger partial charge < -0.3 is 15.7 Å². The van der Waals surface area contributed by atoms with Crippen molar-refractivity contribution in [2.75, 3.05) is 6.61 Å². The van der Waals surface area contributed by atoms with E-state index in [1.165, 1.54) is 0 Å². The Balaban J connectivity index is 1.93. The molecule has 0 aliphatic rings. The summed E-state index contributed by atoms with van der Waals surface area (Å²) in [6.45, 7) is 5.82. The number of hydrogen-bond donors (Lipinski definition) is 3. The number of benzene rings is 1. The Labute approximate surface area is 142 Å². The van der Waals surface area contributed by atoms with E-state index < -0.39 is 6.04 Å². The van der Waals surface area contributed by atoms with Gasteiger partial charge in [0, 0.05) is 18.8 Å². The molecule has 0 unspecified atom stereocenters. The fourth-order valence-corrected chi connectivity index (χ4v) is 2.81. The molecule has 6 heteroatoms. The number of aromatic nitrogens is 2. The smallest absolute Gasteiger partial charge is 0.315 e. The van der Waals surface area contributed by atoms with Gasteiger partial charge in [-0.05, 0) is 38.3 Å². The number of aryl methyl sites for hydroxylation is 2. The molecule has 2 atom stereocenters. The molecule has 1 aromatic carbocycles. The van der Waals surface area contributed by atoms with E-state index in [1.54, 1.807) is 0 Å². The van der Waals surface area contributed by atoms with Crippen molar-refractivity contribution in [2.24, 2.45) is 7.05 Å². The quantitative estimate of drug-likeness (QED) is 0.758. The second-order valence-corrected chi connectivity index (χ2v) is 6.14. The molecule has 0 saturated heterocycles. The summed E-state index contributed by atoms with van der Waals surface area (Å²) in [6, 6.07) is 8.69. The highest BCUT2D eigenvalue weighted by molar-refractivity contribution is 5.74. The molecule has 0 fully saturated rings. The lowest BCUT2D eigenvalue weighted by Gasteiger charge is -2.20. The topological polar surface area (TPSA) is 79.2 Å². The first-order valence-corrected chi connectivity index (χ1v) is 8.14. The molecule has 130 valence electrons. The van der Waals surface area contributed by atoms with Crippen LogP contribution >= 0.6 is 0 Å². The summed E-state index contributed by atoms with van der Waals surface area (Å²) in [4.78, 5) is 12.2. The van der Waals surface area contributed by atoms with Gasteiger partial charge in [0.05, 0.1) is 18.3 Å². The van der Waals surface area contributed by atoms with Crippen molar-refractivity contribution in [1.29, 1.82) is 0 Å². The van der Waals surface area contributed by atoms with Crippen LogP contribution in [0.25, 0.3) is 0 Å². The van der Waals surface area contributed by atoms with Gasteiger partial charge in [-0.1, -0.05) is 30.3 Å². The average Bonchev–Trinajstić information content (AvgIpc) is 2.79. The molecule has 24 heavy (non-hydrogen) atoms. The minimum atomic E-state index is -0.416. The van der Waals surface area contributed by atoms with E-state index in [-0.39, 0.29) is 18.7 Å². The zero-order chi connectivity index (χ0) is 17.7. The van der Waals surface area contributed by atoms with Gasteiger partial charge in [0.25, 0.3) is 0 Å². The van der Waals surface area contributed by atoms with Gasteiger partial charge in [0.15, 0.2) is 0 Å². The molecule has 0 saturated carbocycles. The third-order valence-electron chi connectivity index (χ3n) is 4.24. The van der Waals surface area contributed by atoms with Gasteiger partial charge in [0.1, 0.15) is 0 Å². The van der Waals surface area contributed by atoms with Crippen molar-refractivity contribution in [3.05, 3.63) is 52.8 Å². The van der Waals surface area contributed by atoms with Crippen LogP contribution in [-0.4, -0.2) is 33.6 Å². The summed E-state index contributed by atoms with van der Waals surface area (Å²) in [7, 11) is 1.92. The fraction of sp³-hybridized carbons (Fsp3) is 0.444. The van der Waals surface area contributed by atoms with Gasteiger partial charge >= 0.3 is 6.03 Å². The molecule has 0 aliphatic heterocycles. The van der Waals surface area contributed by atoms with Crippen molar-refractivity contribution < 1.29 is 9.90 Å². The van der Waals surface area contributed by atoms with E-state index in [1.807, 2.05) is 62.8 Å². The van der Waals surface area contributed by atoms with Crippen molar-refractivity contribution in [3.63, 3.8) is 0 Å². The molecule has 3 N–H and O–H groups in total. The van der Waals surface area contributed by atoms with E-state index in [0.29, 0.717) is 6.42 Å². The molecule has 0 spiro atoms. The molecule has 0 bridgehead atoms. The van der Waals surface area contributed by atoms with E-state index in [9.17, 15) is 9.90 Å². The predicted octanol–water partition coefficient (Wildman–Crippen LogP) is 2.00. The van der Waals surface area contributed by atoms with E-state index in [4.69, 9.17) is 0 Å². The standard InChI is InChI=1S/C18H26N4O2/c1-12(10-16-13(2)21-22(4)14(16)3)19-18(24)20-17(11-23)15-8-6-5-7-9-15/h5-9,12,17,23H,10-11H2,1-4H3,(H2,19,20,24)/t12-,17+/m0/s1. The zero-order valence-electron chi connectivity index (χ0n) is 14.7. The van der Waals surface area contributed by atoms with Gasteiger partial charge in [0.2, 0.25) is 0 Å². The molecule has 0 radical (unpaired) electrons. The normalized spacial score (nSPS) is 13.4. The zero-order valence-corrected chi connectivity index (χ0v) is 14.7. The summed E-state index contributed by atoms with van der Waals surface area (Å²) in [5.41, 5.74) is 4.13. The number of nitrogens with one attached hydrogen (secondary N) is 2. The van der Waals surface area contributed by atoms with Crippen molar-refractivity contribution in [2.45, 2.75) is 39.3 Å². The summed E-state index contributed by atoms with van der Waals surface area (Å²) in [6.07, 6.45) is 0.716. The Morgan fingerprint density at radius 1 is 1.25 bits per heavy atom. The maximum Gasteiger partial charge on any atom is 0.315 e. The molecule has 0 aliphatic carbocycles. The lowest BCUT2D eigenvalue weighted by Crippen LogP contribution is -2.44. The molecular formula is C18H26N4O2. The lowest BCUT2D eigenvalue weighted by atomic mass is 10.1. The fourth-order valence-electron chi connectivity index (χ4n) is 2.81. The number of urea groups is 1. The summed E-state index contributed by atoms with van der Waals surface area (Å²) < 4.78 is 1.86. The number of carbonyl (C=O) groups excluding carboxylic acids is 1. The molecule has 1 heterocycles. The van der Waals surface area contributed by atoms with Crippen LogP contribution in [0.2, 0.25) is 0 Å². The number of nitrogens with zero attached hydrogens (tertiary/aromatic N) is 2. The van der Waals surface area contributed by atoms with Crippen molar-refractivity contribution >= 4 is 6.03 Å². The number of carbonyl (C=O) groups is 1. The first-order valence-electron chi connectivity index (χ1n) is 8.14. The largest absolute Gasteiger partial charge is 0.394 e. The van der Waals surface area contributed by atoms with Crippen LogP contribution < -0.4 is 10.6 Å². The minimum Gasteiger partial charge on any atom is -0.394 e. The number of aliphatic hydroxyl groups excluding tert-OH is 1. The maximum absolute atomic E-state index is 12.2.